The smallest absolute Gasteiger partial charge is 0.247 e. The fourth-order valence-electron chi connectivity index (χ4n) is 1.99. The molecule has 0 radical (unpaired) electrons. The van der Waals surface area contributed by atoms with Crippen LogP contribution >= 0.6 is 0 Å². The number of hydrogen-bond acceptors (Lipinski definition) is 3. The standard InChI is InChI=1S/C15H12N2O/c1-11-4-2-3-5-14(11)12-6-8-13(9-7-12)15-17-16-10-18-15/h2-10H,1H3. The molecule has 3 rings (SSSR count). The van der Waals surface area contributed by atoms with Crippen molar-refractivity contribution in [1.29, 1.82) is 0 Å². The second-order valence-electron chi connectivity index (χ2n) is 4.14. The van der Waals surface area contributed by atoms with Crippen LogP contribution in [0.4, 0.5) is 0 Å². The van der Waals surface area contributed by atoms with E-state index in [2.05, 4.69) is 41.4 Å². The quantitative estimate of drug-likeness (QED) is 0.680. The number of aromatic nitrogens is 2. The van der Waals surface area contributed by atoms with Crippen LogP contribution in [0, 0.1) is 6.92 Å². The summed E-state index contributed by atoms with van der Waals surface area (Å²) in [6, 6.07) is 16.5. The Morgan fingerprint density at radius 1 is 0.889 bits per heavy atom. The zero-order valence-corrected chi connectivity index (χ0v) is 10.00. The highest BCUT2D eigenvalue weighted by Gasteiger charge is 2.05. The Kier molecular flexibility index (Phi) is 2.65. The summed E-state index contributed by atoms with van der Waals surface area (Å²) in [5.41, 5.74) is 4.64. The summed E-state index contributed by atoms with van der Waals surface area (Å²) in [5, 5.41) is 7.57. The van der Waals surface area contributed by atoms with E-state index in [4.69, 9.17) is 4.42 Å². The van der Waals surface area contributed by atoms with Crippen molar-refractivity contribution >= 4 is 0 Å². The first-order valence-corrected chi connectivity index (χ1v) is 5.77. The molecule has 3 nitrogen and oxygen atoms in total. The highest BCUT2D eigenvalue weighted by Crippen LogP contribution is 2.25. The molecule has 0 aliphatic carbocycles. The van der Waals surface area contributed by atoms with Crippen LogP contribution in [0.1, 0.15) is 5.56 Å². The lowest BCUT2D eigenvalue weighted by atomic mass is 10.00. The van der Waals surface area contributed by atoms with E-state index >= 15 is 0 Å². The van der Waals surface area contributed by atoms with E-state index in [1.165, 1.54) is 23.1 Å². The molecule has 2 aromatic carbocycles. The van der Waals surface area contributed by atoms with Gasteiger partial charge in [-0.3, -0.25) is 0 Å². The predicted octanol–water partition coefficient (Wildman–Crippen LogP) is 3.71. The Balaban J connectivity index is 1.99. The number of rotatable bonds is 2. The number of hydrogen-bond donors (Lipinski definition) is 0. The van der Waals surface area contributed by atoms with Gasteiger partial charge in [-0.15, -0.1) is 10.2 Å². The summed E-state index contributed by atoms with van der Waals surface area (Å²) in [7, 11) is 0. The third-order valence-corrected chi connectivity index (χ3v) is 2.95. The molecule has 0 aliphatic rings. The fraction of sp³-hybridized carbons (Fsp3) is 0.0667. The van der Waals surface area contributed by atoms with Gasteiger partial charge < -0.3 is 4.42 Å². The van der Waals surface area contributed by atoms with Gasteiger partial charge in [0.05, 0.1) is 0 Å². The molecule has 18 heavy (non-hydrogen) atoms. The minimum absolute atomic E-state index is 0.548. The van der Waals surface area contributed by atoms with Crippen LogP contribution in [0.5, 0.6) is 0 Å². The SMILES string of the molecule is Cc1ccccc1-c1ccc(-c2nnco2)cc1. The summed E-state index contributed by atoms with van der Waals surface area (Å²) in [5.74, 6) is 0.548. The summed E-state index contributed by atoms with van der Waals surface area (Å²) in [6.07, 6.45) is 1.34. The Labute approximate surface area is 105 Å². The third-order valence-electron chi connectivity index (χ3n) is 2.95. The van der Waals surface area contributed by atoms with E-state index in [0.29, 0.717) is 5.89 Å². The first-order chi connectivity index (χ1) is 8.84. The third kappa shape index (κ3) is 1.91. The first kappa shape index (κ1) is 10.7. The first-order valence-electron chi connectivity index (χ1n) is 5.77. The van der Waals surface area contributed by atoms with Gasteiger partial charge in [-0.2, -0.15) is 0 Å². The zero-order chi connectivity index (χ0) is 12.4. The predicted molar refractivity (Wildman–Crippen MR) is 69.9 cm³/mol. The lowest BCUT2D eigenvalue weighted by Crippen LogP contribution is -1.83. The van der Waals surface area contributed by atoms with Crippen molar-refractivity contribution in [2.24, 2.45) is 0 Å². The van der Waals surface area contributed by atoms with Crippen LogP contribution in [0.2, 0.25) is 0 Å². The molecule has 0 atom stereocenters. The molecule has 88 valence electrons. The summed E-state index contributed by atoms with van der Waals surface area (Å²) in [4.78, 5) is 0. The number of nitrogens with zero attached hydrogens (tertiary/aromatic N) is 2. The molecular weight excluding hydrogens is 224 g/mol. The Morgan fingerprint density at radius 2 is 1.61 bits per heavy atom. The van der Waals surface area contributed by atoms with Crippen molar-refractivity contribution in [2.45, 2.75) is 6.92 Å². The topological polar surface area (TPSA) is 38.9 Å². The van der Waals surface area contributed by atoms with Crippen LogP contribution < -0.4 is 0 Å². The number of aryl methyl sites for hydroxylation is 1. The molecule has 3 heteroatoms. The largest absolute Gasteiger partial charge is 0.423 e. The highest BCUT2D eigenvalue weighted by atomic mass is 16.4. The summed E-state index contributed by atoms with van der Waals surface area (Å²) in [6.45, 7) is 2.11. The van der Waals surface area contributed by atoms with E-state index < -0.39 is 0 Å². The molecule has 0 fully saturated rings. The monoisotopic (exact) mass is 236 g/mol. The van der Waals surface area contributed by atoms with Crippen molar-refractivity contribution in [3.05, 3.63) is 60.5 Å². The lowest BCUT2D eigenvalue weighted by molar-refractivity contribution is 0.568. The Hall–Kier alpha value is -2.42. The average molecular weight is 236 g/mol. The van der Waals surface area contributed by atoms with Crippen molar-refractivity contribution < 1.29 is 4.42 Å². The van der Waals surface area contributed by atoms with E-state index in [1.807, 2.05) is 24.3 Å². The van der Waals surface area contributed by atoms with Gasteiger partial charge in [0.2, 0.25) is 12.3 Å². The molecule has 0 unspecified atom stereocenters. The molecule has 0 N–H and O–H groups in total. The second-order valence-corrected chi connectivity index (χ2v) is 4.14. The molecule has 1 aromatic heterocycles. The van der Waals surface area contributed by atoms with Gasteiger partial charge in [0.15, 0.2) is 0 Å². The van der Waals surface area contributed by atoms with Crippen molar-refractivity contribution in [3.63, 3.8) is 0 Å². The van der Waals surface area contributed by atoms with Crippen LogP contribution in [0.15, 0.2) is 59.3 Å². The fourth-order valence-corrected chi connectivity index (χ4v) is 1.99. The molecule has 0 saturated carbocycles. The molecule has 1 heterocycles. The normalized spacial score (nSPS) is 10.5. The van der Waals surface area contributed by atoms with Crippen LogP contribution in [-0.2, 0) is 0 Å². The summed E-state index contributed by atoms with van der Waals surface area (Å²) >= 11 is 0. The van der Waals surface area contributed by atoms with Crippen LogP contribution in [-0.4, -0.2) is 10.2 Å². The number of benzene rings is 2. The molecular formula is C15H12N2O. The molecule has 0 amide bonds. The summed E-state index contributed by atoms with van der Waals surface area (Å²) < 4.78 is 5.17. The highest BCUT2D eigenvalue weighted by molar-refractivity contribution is 5.69. The maximum atomic E-state index is 5.17. The van der Waals surface area contributed by atoms with Crippen LogP contribution in [0.25, 0.3) is 22.6 Å². The molecule has 0 bridgehead atoms. The maximum Gasteiger partial charge on any atom is 0.247 e. The van der Waals surface area contributed by atoms with Gasteiger partial charge in [-0.05, 0) is 35.7 Å². The van der Waals surface area contributed by atoms with Crippen LogP contribution in [0.3, 0.4) is 0 Å². The van der Waals surface area contributed by atoms with E-state index in [1.54, 1.807) is 0 Å². The van der Waals surface area contributed by atoms with E-state index in [0.717, 1.165) is 5.56 Å². The van der Waals surface area contributed by atoms with Gasteiger partial charge >= 0.3 is 0 Å². The van der Waals surface area contributed by atoms with Gasteiger partial charge in [0.25, 0.3) is 0 Å². The lowest BCUT2D eigenvalue weighted by Gasteiger charge is -2.05. The van der Waals surface area contributed by atoms with Crippen molar-refractivity contribution in [2.75, 3.05) is 0 Å². The maximum absolute atomic E-state index is 5.17. The van der Waals surface area contributed by atoms with Gasteiger partial charge in [0, 0.05) is 5.56 Å². The van der Waals surface area contributed by atoms with Gasteiger partial charge in [-0.25, -0.2) is 0 Å². The molecule has 0 spiro atoms. The minimum atomic E-state index is 0.548. The average Bonchev–Trinajstić information content (AvgIpc) is 2.94. The zero-order valence-electron chi connectivity index (χ0n) is 10.00. The Bertz CT molecular complexity index is 643. The second kappa shape index (κ2) is 4.45. The molecule has 0 aliphatic heterocycles. The minimum Gasteiger partial charge on any atom is -0.423 e. The van der Waals surface area contributed by atoms with Crippen molar-refractivity contribution in [3.8, 4) is 22.6 Å². The Morgan fingerprint density at radius 3 is 2.28 bits per heavy atom. The van der Waals surface area contributed by atoms with E-state index in [9.17, 15) is 0 Å². The van der Waals surface area contributed by atoms with Gasteiger partial charge in [-0.1, -0.05) is 36.4 Å². The molecule has 3 aromatic rings. The van der Waals surface area contributed by atoms with Crippen molar-refractivity contribution in [1.82, 2.24) is 10.2 Å². The molecule has 0 saturated heterocycles. The van der Waals surface area contributed by atoms with E-state index in [-0.39, 0.29) is 0 Å². The van der Waals surface area contributed by atoms with Gasteiger partial charge in [0.1, 0.15) is 0 Å².